The number of hydrogen-bond donors (Lipinski definition) is 0. The van der Waals surface area contributed by atoms with Gasteiger partial charge in [-0.2, -0.15) is 0 Å². The predicted octanol–water partition coefficient (Wildman–Crippen LogP) is 5.48. The van der Waals surface area contributed by atoms with Crippen LogP contribution in [0.25, 0.3) is 0 Å². The average Bonchev–Trinajstić information content (AvgIpc) is 2.38. The summed E-state index contributed by atoms with van der Waals surface area (Å²) in [6.07, 6.45) is 1.10. The molecule has 0 saturated heterocycles. The molecule has 0 heterocycles. The summed E-state index contributed by atoms with van der Waals surface area (Å²) in [5, 5.41) is 0.819. The molecule has 0 aliphatic heterocycles. The fraction of sp³-hybridized carbons (Fsp3) is 0.647. The van der Waals surface area contributed by atoms with Crippen LogP contribution in [0.2, 0.25) is 0 Å². The largest absolute Gasteiger partial charge is 0.370 e. The van der Waals surface area contributed by atoms with Gasteiger partial charge in [-0.15, -0.1) is 0 Å². The molecule has 2 heteroatoms. The van der Waals surface area contributed by atoms with Gasteiger partial charge in [-0.1, -0.05) is 67.9 Å². The number of alkyl halides is 1. The minimum absolute atomic E-state index is 0.232. The summed E-state index contributed by atoms with van der Waals surface area (Å²) in [5.41, 5.74) is 2.39. The van der Waals surface area contributed by atoms with Gasteiger partial charge in [-0.05, 0) is 36.3 Å². The maximum absolute atomic E-state index is 6.13. The molecule has 1 aromatic rings. The quantitative estimate of drug-likeness (QED) is 0.602. The van der Waals surface area contributed by atoms with Crippen LogP contribution in [0.1, 0.15) is 58.1 Å². The fourth-order valence-corrected chi connectivity index (χ4v) is 2.43. The standard InChI is InChI=1S/C17H27BrO/c1-13(2)10-11-19-17(5,12-18)16-8-6-15(7-9-16)14(3)4/h6-9,13-14H,10-12H2,1-5H3. The summed E-state index contributed by atoms with van der Waals surface area (Å²) in [7, 11) is 0. The Hall–Kier alpha value is -0.340. The van der Waals surface area contributed by atoms with Gasteiger partial charge >= 0.3 is 0 Å². The van der Waals surface area contributed by atoms with Gasteiger partial charge in [0.15, 0.2) is 0 Å². The highest BCUT2D eigenvalue weighted by atomic mass is 79.9. The van der Waals surface area contributed by atoms with Crippen LogP contribution in [-0.4, -0.2) is 11.9 Å². The zero-order valence-corrected chi connectivity index (χ0v) is 14.5. The predicted molar refractivity (Wildman–Crippen MR) is 87.1 cm³/mol. The van der Waals surface area contributed by atoms with Gasteiger partial charge in [-0.25, -0.2) is 0 Å². The third-order valence-electron chi connectivity index (χ3n) is 3.56. The molecular formula is C17H27BrO. The Balaban J connectivity index is 2.76. The molecule has 0 amide bonds. The van der Waals surface area contributed by atoms with Crippen LogP contribution in [-0.2, 0) is 10.3 Å². The van der Waals surface area contributed by atoms with E-state index in [1.54, 1.807) is 0 Å². The second kappa shape index (κ2) is 7.44. The van der Waals surface area contributed by atoms with Gasteiger partial charge in [0.1, 0.15) is 0 Å². The molecule has 0 fully saturated rings. The summed E-state index contributed by atoms with van der Waals surface area (Å²) in [5.74, 6) is 1.26. The third kappa shape index (κ3) is 4.92. The topological polar surface area (TPSA) is 9.23 Å². The van der Waals surface area contributed by atoms with Crippen molar-refractivity contribution in [3.05, 3.63) is 35.4 Å². The van der Waals surface area contributed by atoms with Gasteiger partial charge in [0.2, 0.25) is 0 Å². The molecule has 0 aromatic heterocycles. The summed E-state index contributed by atoms with van der Waals surface area (Å²) in [4.78, 5) is 0. The molecule has 19 heavy (non-hydrogen) atoms. The highest BCUT2D eigenvalue weighted by Gasteiger charge is 2.26. The lowest BCUT2D eigenvalue weighted by Gasteiger charge is -2.29. The van der Waals surface area contributed by atoms with Gasteiger partial charge in [0.05, 0.1) is 5.60 Å². The monoisotopic (exact) mass is 326 g/mol. The molecule has 0 radical (unpaired) electrons. The second-order valence-corrected chi connectivity index (χ2v) is 6.73. The van der Waals surface area contributed by atoms with E-state index in [4.69, 9.17) is 4.74 Å². The Morgan fingerprint density at radius 2 is 1.68 bits per heavy atom. The van der Waals surface area contributed by atoms with E-state index in [0.29, 0.717) is 11.8 Å². The van der Waals surface area contributed by atoms with Gasteiger partial charge in [-0.3, -0.25) is 0 Å². The number of ether oxygens (including phenoxy) is 1. The first-order valence-electron chi connectivity index (χ1n) is 7.19. The van der Waals surface area contributed by atoms with Crippen LogP contribution in [0, 0.1) is 5.92 Å². The van der Waals surface area contributed by atoms with E-state index >= 15 is 0 Å². The van der Waals surface area contributed by atoms with Crippen molar-refractivity contribution in [1.29, 1.82) is 0 Å². The SMILES string of the molecule is CC(C)CCOC(C)(CBr)c1ccc(C(C)C)cc1. The van der Waals surface area contributed by atoms with E-state index < -0.39 is 0 Å². The molecule has 1 aromatic carbocycles. The lowest BCUT2D eigenvalue weighted by Crippen LogP contribution is -2.28. The molecule has 0 spiro atoms. The van der Waals surface area contributed by atoms with E-state index in [1.165, 1.54) is 11.1 Å². The Kier molecular flexibility index (Phi) is 6.55. The van der Waals surface area contributed by atoms with Crippen molar-refractivity contribution in [3.8, 4) is 0 Å². The van der Waals surface area contributed by atoms with Crippen molar-refractivity contribution in [2.24, 2.45) is 5.92 Å². The molecule has 1 nitrogen and oxygen atoms in total. The Labute approximate surface area is 126 Å². The Morgan fingerprint density at radius 3 is 2.11 bits per heavy atom. The van der Waals surface area contributed by atoms with E-state index in [2.05, 4.69) is 74.8 Å². The van der Waals surface area contributed by atoms with Crippen LogP contribution in [0.3, 0.4) is 0 Å². The number of halogens is 1. The maximum Gasteiger partial charge on any atom is 0.0999 e. The molecule has 108 valence electrons. The highest BCUT2D eigenvalue weighted by molar-refractivity contribution is 9.09. The van der Waals surface area contributed by atoms with Crippen molar-refractivity contribution in [3.63, 3.8) is 0 Å². The van der Waals surface area contributed by atoms with Crippen LogP contribution >= 0.6 is 15.9 Å². The first kappa shape index (κ1) is 16.7. The van der Waals surface area contributed by atoms with Crippen LogP contribution < -0.4 is 0 Å². The minimum Gasteiger partial charge on any atom is -0.370 e. The molecule has 0 bridgehead atoms. The first-order valence-corrected chi connectivity index (χ1v) is 8.31. The van der Waals surface area contributed by atoms with E-state index in [1.807, 2.05) is 0 Å². The van der Waals surface area contributed by atoms with Gasteiger partial charge in [0, 0.05) is 11.9 Å². The maximum atomic E-state index is 6.13. The first-order chi connectivity index (χ1) is 8.89. The zero-order valence-electron chi connectivity index (χ0n) is 12.9. The second-order valence-electron chi connectivity index (χ2n) is 6.17. The molecular weight excluding hydrogens is 300 g/mol. The molecule has 0 aliphatic carbocycles. The average molecular weight is 327 g/mol. The number of rotatable bonds is 7. The summed E-state index contributed by atoms with van der Waals surface area (Å²) >= 11 is 3.60. The van der Waals surface area contributed by atoms with Crippen molar-refractivity contribution < 1.29 is 4.74 Å². The van der Waals surface area contributed by atoms with Crippen molar-refractivity contribution in [1.82, 2.24) is 0 Å². The van der Waals surface area contributed by atoms with Crippen LogP contribution in [0.15, 0.2) is 24.3 Å². The normalized spacial score (nSPS) is 14.9. The molecule has 1 unspecified atom stereocenters. The minimum atomic E-state index is -0.232. The van der Waals surface area contributed by atoms with E-state index in [9.17, 15) is 0 Å². The number of hydrogen-bond acceptors (Lipinski definition) is 1. The molecule has 1 rings (SSSR count). The van der Waals surface area contributed by atoms with Crippen LogP contribution in [0.4, 0.5) is 0 Å². The molecule has 0 aliphatic rings. The third-order valence-corrected chi connectivity index (χ3v) is 4.63. The number of benzene rings is 1. The van der Waals surface area contributed by atoms with E-state index in [-0.39, 0.29) is 5.60 Å². The fourth-order valence-electron chi connectivity index (χ4n) is 1.94. The summed E-state index contributed by atoms with van der Waals surface area (Å²) in [6, 6.07) is 8.83. The molecule has 0 N–H and O–H groups in total. The molecule has 1 atom stereocenters. The summed E-state index contributed by atoms with van der Waals surface area (Å²) < 4.78 is 6.13. The van der Waals surface area contributed by atoms with Gasteiger partial charge < -0.3 is 4.74 Å². The van der Waals surface area contributed by atoms with Crippen molar-refractivity contribution in [2.45, 2.75) is 52.6 Å². The smallest absolute Gasteiger partial charge is 0.0999 e. The lowest BCUT2D eigenvalue weighted by atomic mass is 9.94. The van der Waals surface area contributed by atoms with Crippen molar-refractivity contribution >= 4 is 15.9 Å². The summed E-state index contributed by atoms with van der Waals surface area (Å²) in [6.45, 7) is 11.9. The Bertz CT molecular complexity index is 369. The lowest BCUT2D eigenvalue weighted by molar-refractivity contribution is -0.0214. The van der Waals surface area contributed by atoms with Crippen molar-refractivity contribution in [2.75, 3.05) is 11.9 Å². The highest BCUT2D eigenvalue weighted by Crippen LogP contribution is 2.29. The van der Waals surface area contributed by atoms with E-state index in [0.717, 1.165) is 18.4 Å². The zero-order chi connectivity index (χ0) is 14.5. The molecule has 0 saturated carbocycles. The van der Waals surface area contributed by atoms with Crippen LogP contribution in [0.5, 0.6) is 0 Å². The van der Waals surface area contributed by atoms with Gasteiger partial charge in [0.25, 0.3) is 0 Å². The Morgan fingerprint density at radius 1 is 1.11 bits per heavy atom.